The standard InChI is InChI=1S/C17H27FN2/c1-3-17(2)14-20(11-7-10-18)16(13-19-17)12-15-8-5-4-6-9-15/h4-6,8-9,16,19H,3,7,10-14H2,1-2H3. The maximum Gasteiger partial charge on any atom is 0.0906 e. The van der Waals surface area contributed by atoms with Crippen molar-refractivity contribution in [1.82, 2.24) is 10.2 Å². The molecular weight excluding hydrogens is 251 g/mol. The molecule has 112 valence electrons. The van der Waals surface area contributed by atoms with Crippen LogP contribution < -0.4 is 5.32 Å². The van der Waals surface area contributed by atoms with Crippen LogP contribution >= 0.6 is 0 Å². The van der Waals surface area contributed by atoms with E-state index in [1.165, 1.54) is 5.56 Å². The van der Waals surface area contributed by atoms with E-state index in [-0.39, 0.29) is 12.2 Å². The van der Waals surface area contributed by atoms with Crippen molar-refractivity contribution in [3.63, 3.8) is 0 Å². The van der Waals surface area contributed by atoms with Crippen molar-refractivity contribution in [2.75, 3.05) is 26.3 Å². The molecule has 0 amide bonds. The summed E-state index contributed by atoms with van der Waals surface area (Å²) in [5.41, 5.74) is 1.54. The molecule has 2 nitrogen and oxygen atoms in total. The summed E-state index contributed by atoms with van der Waals surface area (Å²) >= 11 is 0. The van der Waals surface area contributed by atoms with E-state index in [1.807, 2.05) is 0 Å². The molecule has 0 aromatic heterocycles. The van der Waals surface area contributed by atoms with Crippen LogP contribution in [0.15, 0.2) is 30.3 Å². The summed E-state index contributed by atoms with van der Waals surface area (Å²) in [5, 5.41) is 3.69. The van der Waals surface area contributed by atoms with Gasteiger partial charge in [0.15, 0.2) is 0 Å². The molecule has 1 N–H and O–H groups in total. The molecule has 1 heterocycles. The van der Waals surface area contributed by atoms with Gasteiger partial charge in [0.05, 0.1) is 6.67 Å². The number of hydrogen-bond donors (Lipinski definition) is 1. The Kier molecular flexibility index (Phi) is 5.55. The lowest BCUT2D eigenvalue weighted by atomic mass is 9.91. The molecule has 1 aromatic carbocycles. The molecule has 1 aromatic rings. The number of rotatable bonds is 6. The van der Waals surface area contributed by atoms with Gasteiger partial charge in [0.2, 0.25) is 0 Å². The number of nitrogens with zero attached hydrogens (tertiary/aromatic N) is 1. The maximum atomic E-state index is 12.5. The summed E-state index contributed by atoms with van der Waals surface area (Å²) in [5.74, 6) is 0. The van der Waals surface area contributed by atoms with Gasteiger partial charge < -0.3 is 5.32 Å². The van der Waals surface area contributed by atoms with Crippen LogP contribution in [0.1, 0.15) is 32.3 Å². The van der Waals surface area contributed by atoms with Gasteiger partial charge in [-0.3, -0.25) is 9.29 Å². The molecule has 0 aliphatic carbocycles. The topological polar surface area (TPSA) is 15.3 Å². The van der Waals surface area contributed by atoms with E-state index in [1.54, 1.807) is 0 Å². The number of halogens is 1. The van der Waals surface area contributed by atoms with E-state index in [2.05, 4.69) is 54.4 Å². The van der Waals surface area contributed by atoms with Crippen LogP contribution in [0.25, 0.3) is 0 Å². The highest BCUT2D eigenvalue weighted by molar-refractivity contribution is 5.16. The summed E-state index contributed by atoms with van der Waals surface area (Å²) in [6.07, 6.45) is 2.79. The molecule has 2 rings (SSSR count). The molecule has 0 saturated carbocycles. The minimum Gasteiger partial charge on any atom is -0.309 e. The average Bonchev–Trinajstić information content (AvgIpc) is 2.49. The maximum absolute atomic E-state index is 12.5. The lowest BCUT2D eigenvalue weighted by Crippen LogP contribution is -2.63. The summed E-state index contributed by atoms with van der Waals surface area (Å²) in [6, 6.07) is 11.1. The van der Waals surface area contributed by atoms with E-state index >= 15 is 0 Å². The smallest absolute Gasteiger partial charge is 0.0906 e. The van der Waals surface area contributed by atoms with E-state index in [4.69, 9.17) is 0 Å². The lowest BCUT2D eigenvalue weighted by Gasteiger charge is -2.46. The van der Waals surface area contributed by atoms with Crippen molar-refractivity contribution in [2.45, 2.75) is 44.7 Å². The Morgan fingerprint density at radius 3 is 2.75 bits per heavy atom. The molecule has 0 spiro atoms. The summed E-state index contributed by atoms with van der Waals surface area (Å²) in [7, 11) is 0. The van der Waals surface area contributed by atoms with Gasteiger partial charge in [-0.15, -0.1) is 0 Å². The molecular formula is C17H27FN2. The predicted molar refractivity (Wildman–Crippen MR) is 82.8 cm³/mol. The third kappa shape index (κ3) is 4.03. The second kappa shape index (κ2) is 7.19. The van der Waals surface area contributed by atoms with Gasteiger partial charge in [-0.2, -0.15) is 0 Å². The molecule has 0 radical (unpaired) electrons. The minimum atomic E-state index is -0.217. The summed E-state index contributed by atoms with van der Waals surface area (Å²) in [6.45, 7) is 7.15. The third-order valence-electron chi connectivity index (χ3n) is 4.51. The van der Waals surface area contributed by atoms with Crippen molar-refractivity contribution in [2.24, 2.45) is 0 Å². The predicted octanol–water partition coefficient (Wildman–Crippen LogP) is 3.03. The normalized spacial score (nSPS) is 27.6. The van der Waals surface area contributed by atoms with E-state index < -0.39 is 0 Å². The molecule has 20 heavy (non-hydrogen) atoms. The van der Waals surface area contributed by atoms with Gasteiger partial charge in [0, 0.05) is 31.2 Å². The first-order chi connectivity index (χ1) is 9.67. The zero-order valence-corrected chi connectivity index (χ0v) is 12.7. The van der Waals surface area contributed by atoms with Gasteiger partial charge >= 0.3 is 0 Å². The highest BCUT2D eigenvalue weighted by Crippen LogP contribution is 2.21. The zero-order chi connectivity index (χ0) is 14.4. The Morgan fingerprint density at radius 2 is 2.10 bits per heavy atom. The van der Waals surface area contributed by atoms with Gasteiger partial charge in [0.25, 0.3) is 0 Å². The fourth-order valence-corrected chi connectivity index (χ4v) is 2.98. The molecule has 2 atom stereocenters. The first kappa shape index (κ1) is 15.5. The Morgan fingerprint density at radius 1 is 1.35 bits per heavy atom. The van der Waals surface area contributed by atoms with Crippen molar-refractivity contribution >= 4 is 0 Å². The quantitative estimate of drug-likeness (QED) is 0.860. The van der Waals surface area contributed by atoms with Gasteiger partial charge in [-0.05, 0) is 31.7 Å². The van der Waals surface area contributed by atoms with Crippen LogP contribution in [-0.2, 0) is 6.42 Å². The van der Waals surface area contributed by atoms with Crippen molar-refractivity contribution in [3.05, 3.63) is 35.9 Å². The van der Waals surface area contributed by atoms with Gasteiger partial charge in [0.1, 0.15) is 0 Å². The van der Waals surface area contributed by atoms with Crippen molar-refractivity contribution in [3.8, 4) is 0 Å². The molecule has 1 fully saturated rings. The van der Waals surface area contributed by atoms with Crippen molar-refractivity contribution in [1.29, 1.82) is 0 Å². The fourth-order valence-electron chi connectivity index (χ4n) is 2.98. The Balaban J connectivity index is 2.02. The van der Waals surface area contributed by atoms with E-state index in [9.17, 15) is 4.39 Å². The Hall–Kier alpha value is -0.930. The summed E-state index contributed by atoms with van der Waals surface area (Å²) < 4.78 is 12.5. The number of nitrogens with one attached hydrogen (secondary N) is 1. The molecule has 3 heteroatoms. The van der Waals surface area contributed by atoms with Crippen LogP contribution in [0.5, 0.6) is 0 Å². The highest BCUT2D eigenvalue weighted by Gasteiger charge is 2.34. The first-order valence-electron chi connectivity index (χ1n) is 7.76. The third-order valence-corrected chi connectivity index (χ3v) is 4.51. The summed E-state index contributed by atoms with van der Waals surface area (Å²) in [4.78, 5) is 2.48. The zero-order valence-electron chi connectivity index (χ0n) is 12.7. The van der Waals surface area contributed by atoms with Crippen LogP contribution in [0.4, 0.5) is 4.39 Å². The second-order valence-electron chi connectivity index (χ2n) is 6.15. The number of alkyl halides is 1. The largest absolute Gasteiger partial charge is 0.309 e. The van der Waals surface area contributed by atoms with E-state index in [0.29, 0.717) is 12.5 Å². The average molecular weight is 278 g/mol. The molecule has 1 aliphatic heterocycles. The number of hydrogen-bond acceptors (Lipinski definition) is 2. The van der Waals surface area contributed by atoms with Crippen molar-refractivity contribution < 1.29 is 4.39 Å². The van der Waals surface area contributed by atoms with Crippen LogP contribution in [0.2, 0.25) is 0 Å². The minimum absolute atomic E-state index is 0.170. The van der Waals surface area contributed by atoms with Crippen LogP contribution in [-0.4, -0.2) is 42.8 Å². The monoisotopic (exact) mass is 278 g/mol. The van der Waals surface area contributed by atoms with Crippen LogP contribution in [0.3, 0.4) is 0 Å². The van der Waals surface area contributed by atoms with Gasteiger partial charge in [-0.25, -0.2) is 0 Å². The molecule has 1 aliphatic rings. The highest BCUT2D eigenvalue weighted by atomic mass is 19.1. The molecule has 2 unspecified atom stereocenters. The number of piperazine rings is 1. The first-order valence-corrected chi connectivity index (χ1v) is 7.76. The Labute approximate surface area is 122 Å². The fraction of sp³-hybridized carbons (Fsp3) is 0.647. The molecule has 1 saturated heterocycles. The lowest BCUT2D eigenvalue weighted by molar-refractivity contribution is 0.0812. The van der Waals surface area contributed by atoms with Crippen LogP contribution in [0, 0.1) is 0 Å². The SMILES string of the molecule is CCC1(C)CN(CCCF)C(Cc2ccccc2)CN1. The number of benzene rings is 1. The Bertz CT molecular complexity index is 395. The van der Waals surface area contributed by atoms with E-state index in [0.717, 1.165) is 32.5 Å². The van der Waals surface area contributed by atoms with Gasteiger partial charge in [-0.1, -0.05) is 37.3 Å². The second-order valence-corrected chi connectivity index (χ2v) is 6.15. The molecule has 0 bridgehead atoms.